The van der Waals surface area contributed by atoms with Gasteiger partial charge in [-0.05, 0) is 33.6 Å². The highest BCUT2D eigenvalue weighted by Crippen LogP contribution is 2.22. The molecule has 22 heavy (non-hydrogen) atoms. The quantitative estimate of drug-likeness (QED) is 0.853. The number of likely N-dealkylation sites (tertiary alicyclic amines) is 1. The average Bonchev–Trinajstić information content (AvgIpc) is 2.45. The summed E-state index contributed by atoms with van der Waals surface area (Å²) in [6.07, 6.45) is 4.71. The molecule has 1 aliphatic heterocycles. The van der Waals surface area contributed by atoms with Crippen LogP contribution in [0.15, 0.2) is 12.4 Å². The van der Waals surface area contributed by atoms with Crippen LogP contribution in [0.1, 0.15) is 33.6 Å². The Morgan fingerprint density at radius 3 is 2.82 bits per heavy atom. The molecule has 7 heteroatoms. The van der Waals surface area contributed by atoms with E-state index in [0.717, 1.165) is 19.4 Å². The van der Waals surface area contributed by atoms with Crippen molar-refractivity contribution in [3.63, 3.8) is 0 Å². The van der Waals surface area contributed by atoms with Gasteiger partial charge in [0.15, 0.2) is 5.15 Å². The number of hydrogen-bond acceptors (Lipinski definition) is 5. The molecule has 1 fully saturated rings. The third-order valence-electron chi connectivity index (χ3n) is 3.25. The van der Waals surface area contributed by atoms with E-state index in [1.165, 1.54) is 12.4 Å². The van der Waals surface area contributed by atoms with Gasteiger partial charge in [-0.1, -0.05) is 11.6 Å². The Morgan fingerprint density at radius 1 is 1.41 bits per heavy atom. The molecule has 1 unspecified atom stereocenters. The van der Waals surface area contributed by atoms with Crippen LogP contribution in [0.3, 0.4) is 0 Å². The third kappa shape index (κ3) is 5.02. The summed E-state index contributed by atoms with van der Waals surface area (Å²) < 4.78 is 11.0. The van der Waals surface area contributed by atoms with Crippen molar-refractivity contribution in [1.29, 1.82) is 0 Å². The maximum absolute atomic E-state index is 12.1. The van der Waals surface area contributed by atoms with Gasteiger partial charge in [0, 0.05) is 31.4 Å². The Kier molecular flexibility index (Phi) is 5.45. The maximum atomic E-state index is 12.1. The van der Waals surface area contributed by atoms with Gasteiger partial charge in [0.05, 0.1) is 6.61 Å². The molecule has 0 aromatic carbocycles. The van der Waals surface area contributed by atoms with Gasteiger partial charge in [-0.25, -0.2) is 14.8 Å². The van der Waals surface area contributed by atoms with Crippen LogP contribution in [-0.2, 0) is 4.74 Å². The largest absolute Gasteiger partial charge is 0.475 e. The van der Waals surface area contributed by atoms with Crippen LogP contribution in [0.25, 0.3) is 0 Å². The normalized spacial score (nSPS) is 18.9. The minimum absolute atomic E-state index is 0.236. The fourth-order valence-corrected chi connectivity index (χ4v) is 2.45. The summed E-state index contributed by atoms with van der Waals surface area (Å²) >= 11 is 5.91. The van der Waals surface area contributed by atoms with Crippen molar-refractivity contribution in [3.05, 3.63) is 17.5 Å². The number of aromatic nitrogens is 2. The van der Waals surface area contributed by atoms with Gasteiger partial charge in [0.2, 0.25) is 0 Å². The van der Waals surface area contributed by atoms with E-state index in [-0.39, 0.29) is 17.2 Å². The SMILES string of the molecule is CC(C)(C)OC(=O)N1CCCC(COc2nccnc2Cl)C1. The van der Waals surface area contributed by atoms with Crippen molar-refractivity contribution in [2.24, 2.45) is 5.92 Å². The monoisotopic (exact) mass is 327 g/mol. The van der Waals surface area contributed by atoms with Crippen LogP contribution in [-0.4, -0.2) is 46.3 Å². The average molecular weight is 328 g/mol. The first kappa shape index (κ1) is 16.8. The number of piperidine rings is 1. The molecule has 0 radical (unpaired) electrons. The summed E-state index contributed by atoms with van der Waals surface area (Å²) in [5, 5.41) is 0.252. The second-order valence-corrected chi connectivity index (χ2v) is 6.76. The Labute approximate surface area is 135 Å². The molecular formula is C15H22ClN3O3. The zero-order valence-electron chi connectivity index (χ0n) is 13.2. The lowest BCUT2D eigenvalue weighted by Gasteiger charge is -2.33. The molecule has 2 heterocycles. The Hall–Kier alpha value is -1.56. The molecule has 122 valence electrons. The summed E-state index contributed by atoms with van der Waals surface area (Å²) in [6.45, 7) is 7.39. The molecule has 0 N–H and O–H groups in total. The Bertz CT molecular complexity index is 519. The minimum Gasteiger partial charge on any atom is -0.475 e. The number of carbonyl (C=O) groups excluding carboxylic acids is 1. The van der Waals surface area contributed by atoms with Gasteiger partial charge in [-0.15, -0.1) is 0 Å². The Balaban J connectivity index is 1.86. The molecule has 1 amide bonds. The van der Waals surface area contributed by atoms with E-state index >= 15 is 0 Å². The van der Waals surface area contributed by atoms with Crippen LogP contribution in [0.5, 0.6) is 5.88 Å². The molecule has 0 aliphatic carbocycles. The molecule has 1 aromatic rings. The maximum Gasteiger partial charge on any atom is 0.410 e. The van der Waals surface area contributed by atoms with Crippen molar-refractivity contribution in [1.82, 2.24) is 14.9 Å². The minimum atomic E-state index is -0.478. The van der Waals surface area contributed by atoms with Gasteiger partial charge in [0.25, 0.3) is 5.88 Å². The van der Waals surface area contributed by atoms with Crippen LogP contribution in [0.4, 0.5) is 4.79 Å². The predicted molar refractivity (Wildman–Crippen MR) is 83.1 cm³/mol. The summed E-state index contributed by atoms with van der Waals surface area (Å²) in [6, 6.07) is 0. The lowest BCUT2D eigenvalue weighted by atomic mass is 9.99. The highest BCUT2D eigenvalue weighted by molar-refractivity contribution is 6.30. The zero-order chi connectivity index (χ0) is 16.2. The van der Waals surface area contributed by atoms with Crippen LogP contribution < -0.4 is 4.74 Å². The van der Waals surface area contributed by atoms with Crippen LogP contribution in [0.2, 0.25) is 5.15 Å². The number of halogens is 1. The number of nitrogens with zero attached hydrogens (tertiary/aromatic N) is 3. The highest BCUT2D eigenvalue weighted by atomic mass is 35.5. The standard InChI is InChI=1S/C15H22ClN3O3/c1-15(2,3)22-14(20)19-8-4-5-11(9-19)10-21-13-12(16)17-6-7-18-13/h6-7,11H,4-5,8-10H2,1-3H3. The zero-order valence-corrected chi connectivity index (χ0v) is 14.0. The van der Waals surface area contributed by atoms with Crippen LogP contribution >= 0.6 is 11.6 Å². The van der Waals surface area contributed by atoms with E-state index in [4.69, 9.17) is 21.1 Å². The molecule has 6 nitrogen and oxygen atoms in total. The summed E-state index contributed by atoms with van der Waals surface area (Å²) in [5.74, 6) is 0.567. The smallest absolute Gasteiger partial charge is 0.410 e. The van der Waals surface area contributed by atoms with E-state index < -0.39 is 5.60 Å². The van der Waals surface area contributed by atoms with Crippen molar-refractivity contribution in [2.45, 2.75) is 39.2 Å². The molecule has 2 rings (SSSR count). The molecule has 1 aliphatic rings. The first-order valence-corrected chi connectivity index (χ1v) is 7.80. The van der Waals surface area contributed by atoms with Crippen molar-refractivity contribution < 1.29 is 14.3 Å². The van der Waals surface area contributed by atoms with Gasteiger partial charge >= 0.3 is 6.09 Å². The molecule has 1 atom stereocenters. The topological polar surface area (TPSA) is 64.5 Å². The first-order valence-electron chi connectivity index (χ1n) is 7.42. The molecule has 0 spiro atoms. The van der Waals surface area contributed by atoms with Crippen LogP contribution in [0, 0.1) is 5.92 Å². The number of ether oxygens (including phenoxy) is 2. The molecule has 1 aromatic heterocycles. The third-order valence-corrected chi connectivity index (χ3v) is 3.51. The molecule has 0 saturated carbocycles. The van der Waals surface area contributed by atoms with E-state index in [9.17, 15) is 4.79 Å². The highest BCUT2D eigenvalue weighted by Gasteiger charge is 2.28. The lowest BCUT2D eigenvalue weighted by Crippen LogP contribution is -2.44. The van der Waals surface area contributed by atoms with E-state index in [1.54, 1.807) is 4.90 Å². The summed E-state index contributed by atoms with van der Waals surface area (Å²) in [4.78, 5) is 21.8. The van der Waals surface area contributed by atoms with Crippen molar-refractivity contribution in [2.75, 3.05) is 19.7 Å². The summed E-state index contributed by atoms with van der Waals surface area (Å²) in [5.41, 5.74) is -0.478. The lowest BCUT2D eigenvalue weighted by molar-refractivity contribution is 0.0138. The fraction of sp³-hybridized carbons (Fsp3) is 0.667. The molecular weight excluding hydrogens is 306 g/mol. The van der Waals surface area contributed by atoms with Gasteiger partial charge in [-0.2, -0.15) is 0 Å². The molecule has 0 bridgehead atoms. The fourth-order valence-electron chi connectivity index (χ4n) is 2.30. The summed E-state index contributed by atoms with van der Waals surface area (Å²) in [7, 11) is 0. The second-order valence-electron chi connectivity index (χ2n) is 6.40. The van der Waals surface area contributed by atoms with Crippen molar-refractivity contribution in [3.8, 4) is 5.88 Å². The molecule has 1 saturated heterocycles. The number of rotatable bonds is 3. The van der Waals surface area contributed by atoms with Gasteiger partial charge in [0.1, 0.15) is 5.60 Å². The number of amides is 1. The number of hydrogen-bond donors (Lipinski definition) is 0. The number of carbonyl (C=O) groups is 1. The van der Waals surface area contributed by atoms with E-state index in [0.29, 0.717) is 19.0 Å². The predicted octanol–water partition coefficient (Wildman–Crippen LogP) is 3.16. The Morgan fingerprint density at radius 2 is 2.14 bits per heavy atom. The van der Waals surface area contributed by atoms with Gasteiger partial charge in [-0.3, -0.25) is 0 Å². The van der Waals surface area contributed by atoms with Crippen molar-refractivity contribution >= 4 is 17.7 Å². The van der Waals surface area contributed by atoms with E-state index in [1.807, 2.05) is 20.8 Å². The second kappa shape index (κ2) is 7.13. The van der Waals surface area contributed by atoms with Gasteiger partial charge < -0.3 is 14.4 Å². The first-order chi connectivity index (χ1) is 10.3. The van der Waals surface area contributed by atoms with E-state index in [2.05, 4.69) is 9.97 Å².